The molecule has 3 aromatic heterocycles. The van der Waals surface area contributed by atoms with Crippen molar-refractivity contribution in [1.29, 1.82) is 0 Å². The molecule has 2 aromatic carbocycles. The number of pyridine rings is 1. The second-order valence-corrected chi connectivity index (χ2v) is 16.7. The van der Waals surface area contributed by atoms with E-state index in [9.17, 15) is 22.9 Å². The maximum Gasteiger partial charge on any atom is 0.290 e. The first kappa shape index (κ1) is 42.7. The Bertz CT molecular complexity index is 2470. The molecule has 5 atom stereocenters. The number of rotatable bonds is 12. The summed E-state index contributed by atoms with van der Waals surface area (Å²) in [4.78, 5) is 19.0. The number of benzene rings is 2. The molecule has 5 unspecified atom stereocenters. The quantitative estimate of drug-likeness (QED) is 0.0859. The van der Waals surface area contributed by atoms with E-state index in [0.717, 1.165) is 11.6 Å². The van der Waals surface area contributed by atoms with Gasteiger partial charge in [-0.25, -0.2) is 22.4 Å². The normalized spacial score (nSPS) is 17.0. The number of anilines is 1. The smallest absolute Gasteiger partial charge is 0.290 e. The van der Waals surface area contributed by atoms with Crippen LogP contribution in [0, 0.1) is 24.6 Å². The van der Waals surface area contributed by atoms with Crippen LogP contribution in [0.15, 0.2) is 42.5 Å². The van der Waals surface area contributed by atoms with E-state index in [1.807, 2.05) is 0 Å². The molecule has 0 bridgehead atoms. The van der Waals surface area contributed by atoms with E-state index in [4.69, 9.17) is 16.6 Å². The van der Waals surface area contributed by atoms with Gasteiger partial charge in [0.15, 0.2) is 12.0 Å². The zero-order valence-electron chi connectivity index (χ0n) is 32.9. The Morgan fingerprint density at radius 1 is 1.14 bits per heavy atom. The lowest BCUT2D eigenvalue weighted by Gasteiger charge is -2.23. The monoisotopic (exact) mass is 843 g/mol. The highest BCUT2D eigenvalue weighted by molar-refractivity contribution is 7.85. The van der Waals surface area contributed by atoms with Crippen molar-refractivity contribution in [1.82, 2.24) is 29.9 Å². The van der Waals surface area contributed by atoms with Crippen LogP contribution < -0.4 is 10.0 Å². The number of alkyl halides is 4. The molecule has 0 spiro atoms. The number of carbonyl (C=O) groups is 1. The van der Waals surface area contributed by atoms with Gasteiger partial charge in [0.25, 0.3) is 5.92 Å². The van der Waals surface area contributed by atoms with Gasteiger partial charge in [-0.1, -0.05) is 36.6 Å². The number of nitrogens with zero attached hydrogens (tertiary/aromatic N) is 5. The number of amides is 1. The van der Waals surface area contributed by atoms with E-state index < -0.39 is 82.9 Å². The maximum atomic E-state index is 15.6. The fourth-order valence-corrected chi connectivity index (χ4v) is 8.15. The third-order valence-corrected chi connectivity index (χ3v) is 10.6. The Morgan fingerprint density at radius 2 is 1.84 bits per heavy atom. The highest BCUT2D eigenvalue weighted by Gasteiger charge is 2.51. The zero-order chi connectivity index (χ0) is 42.4. The van der Waals surface area contributed by atoms with E-state index in [1.54, 1.807) is 51.2 Å². The minimum Gasteiger partial charge on any atom is -0.378 e. The van der Waals surface area contributed by atoms with E-state index in [1.165, 1.54) is 36.9 Å². The van der Waals surface area contributed by atoms with Gasteiger partial charge in [-0.05, 0) is 93.8 Å². The summed E-state index contributed by atoms with van der Waals surface area (Å²) in [5.41, 5.74) is 0.357. The molecule has 1 amide bonds. The molecule has 3 heterocycles. The molecule has 0 saturated carbocycles. The van der Waals surface area contributed by atoms with Crippen molar-refractivity contribution in [3.05, 3.63) is 92.8 Å². The van der Waals surface area contributed by atoms with E-state index in [-0.39, 0.29) is 35.6 Å². The first-order chi connectivity index (χ1) is 27.2. The maximum absolute atomic E-state index is 15.6. The van der Waals surface area contributed by atoms with Gasteiger partial charge < -0.3 is 10.4 Å². The average Bonchev–Trinajstić information content (AvgIpc) is 3.75. The molecule has 5 aromatic rings. The van der Waals surface area contributed by atoms with Crippen molar-refractivity contribution in [2.45, 2.75) is 96.3 Å². The highest BCUT2D eigenvalue weighted by Crippen LogP contribution is 2.52. The second kappa shape index (κ2) is 16.4. The molecule has 0 saturated heterocycles. The molecule has 0 aliphatic heterocycles. The van der Waals surface area contributed by atoms with E-state index >= 15 is 13.2 Å². The van der Waals surface area contributed by atoms with Crippen LogP contribution in [0.4, 0.5) is 27.8 Å². The molecule has 0 fully saturated rings. The molecular formula is C41H43ClF5N7O3S. The summed E-state index contributed by atoms with van der Waals surface area (Å²) in [6.07, 6.45) is -3.37. The van der Waals surface area contributed by atoms with Crippen LogP contribution in [-0.2, 0) is 41.7 Å². The Kier molecular flexibility index (Phi) is 12.1. The third kappa shape index (κ3) is 8.91. The van der Waals surface area contributed by atoms with Crippen molar-refractivity contribution >= 4 is 45.2 Å². The summed E-state index contributed by atoms with van der Waals surface area (Å²) >= 11 is 6.68. The molecule has 0 radical (unpaired) electrons. The molecule has 1 aliphatic carbocycles. The van der Waals surface area contributed by atoms with Crippen LogP contribution >= 0.6 is 11.6 Å². The van der Waals surface area contributed by atoms with Crippen LogP contribution in [0.25, 0.3) is 22.0 Å². The van der Waals surface area contributed by atoms with E-state index in [2.05, 4.69) is 32.1 Å². The predicted molar refractivity (Wildman–Crippen MR) is 214 cm³/mol. The summed E-state index contributed by atoms with van der Waals surface area (Å²) in [6, 6.07) is 9.91. The fourth-order valence-electron chi connectivity index (χ4n) is 7.49. The lowest BCUT2D eigenvalue weighted by atomic mass is 9.93. The van der Waals surface area contributed by atoms with Crippen molar-refractivity contribution < 1.29 is 36.1 Å². The number of hydrogen-bond donors (Lipinski definition) is 3. The third-order valence-electron chi connectivity index (χ3n) is 9.82. The summed E-state index contributed by atoms with van der Waals surface area (Å²) in [5.74, 6) is 0.207. The number of aliphatic hydroxyl groups is 1. The van der Waals surface area contributed by atoms with Gasteiger partial charge in [0, 0.05) is 36.4 Å². The number of fused-ring (bicyclic) bond motifs is 2. The minimum atomic E-state index is -3.47. The van der Waals surface area contributed by atoms with Crippen LogP contribution in [0.2, 0.25) is 5.02 Å². The van der Waals surface area contributed by atoms with Gasteiger partial charge in [-0.3, -0.25) is 18.9 Å². The van der Waals surface area contributed by atoms with E-state index in [0.29, 0.717) is 38.2 Å². The summed E-state index contributed by atoms with van der Waals surface area (Å²) in [7, 11) is 0.156. The Labute approximate surface area is 340 Å². The molecule has 17 heteroatoms. The van der Waals surface area contributed by atoms with Crippen LogP contribution in [-0.4, -0.2) is 57.8 Å². The molecule has 1 aliphatic rings. The van der Waals surface area contributed by atoms with Crippen molar-refractivity contribution in [3.8, 4) is 23.0 Å². The summed E-state index contributed by atoms with van der Waals surface area (Å²) < 4.78 is 93.0. The SMILES string of the molecule is CCC1CC(F)(F)c2c1c(C(F)C(C)F)nn2CC(=O)NC(Cc1cc(C)cc(F)c1)c1nc(C#CC(C)(C)O)ccc1-c1ccc(Cl)c2c(NS(C)=O)nn(C)c12. The number of aryl methyl sites for hydroxylation is 2. The molecule has 10 nitrogen and oxygen atoms in total. The first-order valence-electron chi connectivity index (χ1n) is 18.5. The fraction of sp³-hybridized carbons (Fsp3) is 0.415. The van der Waals surface area contributed by atoms with Gasteiger partial charge in [0.05, 0.1) is 27.7 Å². The van der Waals surface area contributed by atoms with Crippen LogP contribution in [0.1, 0.15) is 98.1 Å². The topological polar surface area (TPSA) is 127 Å². The minimum absolute atomic E-state index is 0.0566. The van der Waals surface area contributed by atoms with Crippen molar-refractivity contribution in [2.24, 2.45) is 7.05 Å². The first-order valence-corrected chi connectivity index (χ1v) is 20.5. The largest absolute Gasteiger partial charge is 0.378 e. The zero-order valence-corrected chi connectivity index (χ0v) is 34.4. The van der Waals surface area contributed by atoms with Crippen molar-refractivity contribution in [3.63, 3.8) is 0 Å². The lowest BCUT2D eigenvalue weighted by Crippen LogP contribution is -2.35. The van der Waals surface area contributed by atoms with Gasteiger partial charge >= 0.3 is 0 Å². The molecule has 3 N–H and O–H groups in total. The standard InChI is InChI=1S/C41H43ClF5N7O3S/c1-8-24-19-41(46,47)38-32(24)36(34(45)22(3)43)50-54(38)20-31(55)49-30(18-23-15-21(2)16-25(44)17-23)35-27(10-9-26(48-35)13-14-40(4,5)56)28-11-12-29(42)33-37(28)53(6)51-39(33)52-58(7)57/h9-12,15-17,22,24,30,34,56H,8,18-20H2,1-7H3,(H,49,55)(H,51,52). The number of carbonyl (C=O) groups excluding carboxylic acids is 1. The Morgan fingerprint density at radius 3 is 2.48 bits per heavy atom. The number of halogens is 6. The lowest BCUT2D eigenvalue weighted by molar-refractivity contribution is -0.122. The summed E-state index contributed by atoms with van der Waals surface area (Å²) in [5, 5.41) is 22.6. The van der Waals surface area contributed by atoms with Gasteiger partial charge in [-0.15, -0.1) is 0 Å². The Hall–Kier alpha value is -4.85. The average molecular weight is 844 g/mol. The summed E-state index contributed by atoms with van der Waals surface area (Å²) in [6.45, 7) is 6.55. The second-order valence-electron chi connectivity index (χ2n) is 15.1. The number of aromatic nitrogens is 5. The van der Waals surface area contributed by atoms with Crippen molar-refractivity contribution in [2.75, 3.05) is 11.0 Å². The van der Waals surface area contributed by atoms with Gasteiger partial charge in [0.2, 0.25) is 5.91 Å². The Balaban J connectivity index is 1.53. The highest BCUT2D eigenvalue weighted by atomic mass is 35.5. The molecule has 308 valence electrons. The van der Waals surface area contributed by atoms with Gasteiger partial charge in [0.1, 0.15) is 52.2 Å². The van der Waals surface area contributed by atoms with Crippen LogP contribution in [0.3, 0.4) is 0 Å². The molecular weight excluding hydrogens is 801 g/mol. The number of hydrogen-bond acceptors (Lipinski definition) is 6. The van der Waals surface area contributed by atoms with Gasteiger partial charge in [-0.2, -0.15) is 19.0 Å². The molecule has 58 heavy (non-hydrogen) atoms. The van der Waals surface area contributed by atoms with Crippen LogP contribution in [0.5, 0.6) is 0 Å². The number of nitrogens with one attached hydrogen (secondary N) is 2. The predicted octanol–water partition coefficient (Wildman–Crippen LogP) is 8.22. The molecule has 6 rings (SSSR count).